The van der Waals surface area contributed by atoms with Gasteiger partial charge in [-0.05, 0) is 46.9 Å². The number of aromatic nitrogens is 4. The lowest BCUT2D eigenvalue weighted by molar-refractivity contribution is 0.108. The molecule has 0 fully saturated rings. The van der Waals surface area contributed by atoms with Crippen LogP contribution in [0.5, 0.6) is 5.75 Å². The molecule has 4 aromatic rings. The number of aryl methyl sites for hydroxylation is 4. The number of rotatable bonds is 9. The van der Waals surface area contributed by atoms with E-state index >= 15 is 0 Å². The Kier molecular flexibility index (Phi) is 6.90. The number of benzene rings is 1. The molecule has 0 spiro atoms. The lowest BCUT2D eigenvalue weighted by atomic mass is 10.1. The topological polar surface area (TPSA) is 131 Å². The highest BCUT2D eigenvalue weighted by Crippen LogP contribution is 2.32. The van der Waals surface area contributed by atoms with Crippen molar-refractivity contribution in [3.63, 3.8) is 0 Å². The SMILES string of the molecule is CNCC(O)COc1cccc(-c2nc(Nc3c(C)noc3C)cc(-c3c(C)noc3C)n2)c1. The van der Waals surface area contributed by atoms with Crippen molar-refractivity contribution >= 4 is 11.5 Å². The summed E-state index contributed by atoms with van der Waals surface area (Å²) in [6, 6.07) is 9.29. The van der Waals surface area contributed by atoms with Gasteiger partial charge in [0.1, 0.15) is 41.4 Å². The molecular weight excluding hydrogens is 436 g/mol. The van der Waals surface area contributed by atoms with Crippen LogP contribution >= 0.6 is 0 Å². The maximum atomic E-state index is 9.95. The average Bonchev–Trinajstić information content (AvgIpc) is 3.33. The van der Waals surface area contributed by atoms with Gasteiger partial charge >= 0.3 is 0 Å². The van der Waals surface area contributed by atoms with E-state index in [2.05, 4.69) is 20.9 Å². The average molecular weight is 465 g/mol. The van der Waals surface area contributed by atoms with Crippen molar-refractivity contribution in [1.82, 2.24) is 25.6 Å². The summed E-state index contributed by atoms with van der Waals surface area (Å²) in [6.45, 7) is 8.04. The Bertz CT molecular complexity index is 1240. The van der Waals surface area contributed by atoms with Crippen LogP contribution in [0.25, 0.3) is 22.6 Å². The zero-order valence-electron chi connectivity index (χ0n) is 19.8. The third kappa shape index (κ3) is 5.08. The van der Waals surface area contributed by atoms with E-state index in [0.29, 0.717) is 41.2 Å². The quantitative estimate of drug-likeness (QED) is 0.337. The van der Waals surface area contributed by atoms with Gasteiger partial charge in [0.05, 0.1) is 17.0 Å². The summed E-state index contributed by atoms with van der Waals surface area (Å²) in [7, 11) is 1.78. The van der Waals surface area contributed by atoms with Crippen LogP contribution in [0.2, 0.25) is 0 Å². The second kappa shape index (κ2) is 10.0. The van der Waals surface area contributed by atoms with E-state index in [1.165, 1.54) is 0 Å². The Morgan fingerprint density at radius 1 is 1.00 bits per heavy atom. The highest BCUT2D eigenvalue weighted by atomic mass is 16.5. The third-order valence-electron chi connectivity index (χ3n) is 5.28. The number of nitrogens with one attached hydrogen (secondary N) is 2. The van der Waals surface area contributed by atoms with Crippen molar-refractivity contribution in [1.29, 1.82) is 0 Å². The number of ether oxygens (including phenoxy) is 1. The number of hydrogen-bond acceptors (Lipinski definition) is 10. The molecule has 1 unspecified atom stereocenters. The number of likely N-dealkylation sites (N-methyl/N-ethyl adjacent to an activating group) is 1. The summed E-state index contributed by atoms with van der Waals surface area (Å²) in [6.07, 6.45) is -0.612. The molecule has 178 valence electrons. The van der Waals surface area contributed by atoms with Crippen LogP contribution in [0.4, 0.5) is 11.5 Å². The van der Waals surface area contributed by atoms with Crippen molar-refractivity contribution in [2.24, 2.45) is 0 Å². The van der Waals surface area contributed by atoms with Crippen molar-refractivity contribution in [2.75, 3.05) is 25.5 Å². The number of nitrogens with zero attached hydrogens (tertiary/aromatic N) is 4. The number of anilines is 2. The Morgan fingerprint density at radius 3 is 2.44 bits per heavy atom. The Labute approximate surface area is 197 Å². The summed E-state index contributed by atoms with van der Waals surface area (Å²) in [5, 5.41) is 24.3. The van der Waals surface area contributed by atoms with Gasteiger partial charge in [0.15, 0.2) is 11.6 Å². The van der Waals surface area contributed by atoms with Gasteiger partial charge in [-0.3, -0.25) is 0 Å². The van der Waals surface area contributed by atoms with Gasteiger partial charge < -0.3 is 29.5 Å². The van der Waals surface area contributed by atoms with Crippen LogP contribution < -0.4 is 15.4 Å². The van der Waals surface area contributed by atoms with Gasteiger partial charge in [0.25, 0.3) is 0 Å². The van der Waals surface area contributed by atoms with Gasteiger partial charge in [0.2, 0.25) is 0 Å². The van der Waals surface area contributed by atoms with E-state index < -0.39 is 6.10 Å². The van der Waals surface area contributed by atoms with Crippen LogP contribution in [0, 0.1) is 27.7 Å². The fraction of sp³-hybridized carbons (Fsp3) is 0.333. The molecule has 0 aliphatic carbocycles. The summed E-state index contributed by atoms with van der Waals surface area (Å²) in [5.41, 5.74) is 4.47. The fourth-order valence-electron chi connectivity index (χ4n) is 3.62. The van der Waals surface area contributed by atoms with E-state index in [-0.39, 0.29) is 6.61 Å². The number of aliphatic hydroxyl groups excluding tert-OH is 1. The smallest absolute Gasteiger partial charge is 0.162 e. The van der Waals surface area contributed by atoms with Crippen LogP contribution in [0.15, 0.2) is 39.4 Å². The van der Waals surface area contributed by atoms with Crippen LogP contribution in [-0.2, 0) is 0 Å². The summed E-state index contributed by atoms with van der Waals surface area (Å²) < 4.78 is 16.4. The minimum absolute atomic E-state index is 0.170. The molecular formula is C24H28N6O4. The highest BCUT2D eigenvalue weighted by Gasteiger charge is 2.18. The lowest BCUT2D eigenvalue weighted by Crippen LogP contribution is -2.29. The molecule has 0 radical (unpaired) electrons. The Morgan fingerprint density at radius 2 is 1.76 bits per heavy atom. The molecule has 0 saturated heterocycles. The van der Waals surface area contributed by atoms with Gasteiger partial charge in [-0.15, -0.1) is 0 Å². The van der Waals surface area contributed by atoms with E-state index in [1.807, 2.05) is 58.0 Å². The molecule has 0 aliphatic rings. The van der Waals surface area contributed by atoms with Gasteiger partial charge in [0, 0.05) is 18.2 Å². The molecule has 10 nitrogen and oxygen atoms in total. The molecule has 0 amide bonds. The lowest BCUT2D eigenvalue weighted by Gasteiger charge is -2.13. The maximum Gasteiger partial charge on any atom is 0.162 e. The second-order valence-corrected chi connectivity index (χ2v) is 8.04. The molecule has 3 heterocycles. The van der Waals surface area contributed by atoms with Crippen molar-refractivity contribution in [3.8, 4) is 28.4 Å². The van der Waals surface area contributed by atoms with Gasteiger partial charge in [-0.2, -0.15) is 0 Å². The molecule has 0 saturated carbocycles. The zero-order valence-corrected chi connectivity index (χ0v) is 19.8. The normalized spacial score (nSPS) is 12.1. The largest absolute Gasteiger partial charge is 0.491 e. The van der Waals surface area contributed by atoms with E-state index in [0.717, 1.165) is 28.2 Å². The van der Waals surface area contributed by atoms with Gasteiger partial charge in [-0.1, -0.05) is 22.4 Å². The minimum atomic E-state index is -0.612. The predicted octanol–water partition coefficient (Wildman–Crippen LogP) is 3.72. The summed E-state index contributed by atoms with van der Waals surface area (Å²) in [4.78, 5) is 9.54. The first-order chi connectivity index (χ1) is 16.4. The van der Waals surface area contributed by atoms with Gasteiger partial charge in [-0.25, -0.2) is 9.97 Å². The molecule has 0 aliphatic heterocycles. The van der Waals surface area contributed by atoms with E-state index in [9.17, 15) is 5.11 Å². The summed E-state index contributed by atoms with van der Waals surface area (Å²) >= 11 is 0. The van der Waals surface area contributed by atoms with Crippen molar-refractivity contribution in [2.45, 2.75) is 33.8 Å². The first kappa shape index (κ1) is 23.4. The predicted molar refractivity (Wildman–Crippen MR) is 127 cm³/mol. The van der Waals surface area contributed by atoms with Crippen LogP contribution in [0.3, 0.4) is 0 Å². The van der Waals surface area contributed by atoms with Crippen LogP contribution in [0.1, 0.15) is 22.9 Å². The molecule has 3 N–H and O–H groups in total. The van der Waals surface area contributed by atoms with Crippen LogP contribution in [-0.4, -0.2) is 51.7 Å². The molecule has 0 bridgehead atoms. The van der Waals surface area contributed by atoms with Crippen molar-refractivity contribution < 1.29 is 18.9 Å². The molecule has 10 heteroatoms. The molecule has 1 aromatic carbocycles. The Hall–Kier alpha value is -3.76. The van der Waals surface area contributed by atoms with E-state index in [4.69, 9.17) is 23.8 Å². The summed E-state index contributed by atoms with van der Waals surface area (Å²) in [5.74, 6) is 3.01. The fourth-order valence-corrected chi connectivity index (χ4v) is 3.62. The molecule has 4 rings (SSSR count). The van der Waals surface area contributed by atoms with Crippen molar-refractivity contribution in [3.05, 3.63) is 53.2 Å². The zero-order chi connectivity index (χ0) is 24.2. The number of aliphatic hydroxyl groups is 1. The van der Waals surface area contributed by atoms with E-state index in [1.54, 1.807) is 7.05 Å². The second-order valence-electron chi connectivity index (χ2n) is 8.04. The monoisotopic (exact) mass is 464 g/mol. The maximum absolute atomic E-state index is 9.95. The number of hydrogen-bond donors (Lipinski definition) is 3. The molecule has 1 atom stereocenters. The Balaban J connectivity index is 1.73. The third-order valence-corrected chi connectivity index (χ3v) is 5.28. The standard InChI is InChI=1S/C24H28N6O4/c1-13-22(15(3)33-29-13)20-10-21(27-23-14(2)30-34-16(23)4)28-24(26-20)17-7-6-8-19(9-17)32-12-18(31)11-25-5/h6-10,18,25,31H,11-12H2,1-5H3,(H,26,27,28). The molecule has 34 heavy (non-hydrogen) atoms. The highest BCUT2D eigenvalue weighted by molar-refractivity contribution is 5.73. The molecule has 3 aromatic heterocycles. The minimum Gasteiger partial charge on any atom is -0.491 e. The first-order valence-corrected chi connectivity index (χ1v) is 10.9. The first-order valence-electron chi connectivity index (χ1n) is 10.9.